The van der Waals surface area contributed by atoms with Crippen LogP contribution in [0, 0.1) is 0 Å². The number of nitrogens with two attached hydrogens (primary N) is 1. The second-order valence-corrected chi connectivity index (χ2v) is 7.51. The van der Waals surface area contributed by atoms with E-state index in [9.17, 15) is 9.59 Å². The SMILES string of the molecule is CCCCCCCNC(=O)N(C)c1cccc(-c2ccc(/C=C(\OCC)C(N)=O)cc2)n1. The van der Waals surface area contributed by atoms with Crippen molar-refractivity contribution in [2.45, 2.75) is 46.0 Å². The van der Waals surface area contributed by atoms with Gasteiger partial charge in [0.1, 0.15) is 5.82 Å². The Morgan fingerprint density at radius 3 is 2.44 bits per heavy atom. The highest BCUT2D eigenvalue weighted by Crippen LogP contribution is 2.22. The number of aromatic nitrogens is 1. The van der Waals surface area contributed by atoms with Crippen LogP contribution in [0.4, 0.5) is 10.6 Å². The van der Waals surface area contributed by atoms with Gasteiger partial charge in [-0.15, -0.1) is 0 Å². The van der Waals surface area contributed by atoms with Crippen LogP contribution in [-0.4, -0.2) is 37.1 Å². The fourth-order valence-electron chi connectivity index (χ4n) is 3.16. The summed E-state index contributed by atoms with van der Waals surface area (Å²) in [7, 11) is 1.71. The first-order valence-corrected chi connectivity index (χ1v) is 11.2. The fraction of sp³-hybridized carbons (Fsp3) is 0.400. The number of primary amides is 1. The van der Waals surface area contributed by atoms with Gasteiger partial charge in [-0.25, -0.2) is 9.78 Å². The van der Waals surface area contributed by atoms with Crippen molar-refractivity contribution >= 4 is 23.8 Å². The van der Waals surface area contributed by atoms with E-state index in [2.05, 4.69) is 17.2 Å². The Labute approximate surface area is 190 Å². The van der Waals surface area contributed by atoms with Crippen molar-refractivity contribution in [1.29, 1.82) is 0 Å². The molecule has 1 heterocycles. The van der Waals surface area contributed by atoms with E-state index in [0.29, 0.717) is 19.0 Å². The molecule has 1 aromatic carbocycles. The summed E-state index contributed by atoms with van der Waals surface area (Å²) in [6.45, 7) is 5.01. The largest absolute Gasteiger partial charge is 0.488 e. The molecule has 7 heteroatoms. The molecule has 0 aliphatic carbocycles. The van der Waals surface area contributed by atoms with Crippen LogP contribution in [0.25, 0.3) is 17.3 Å². The van der Waals surface area contributed by atoms with Gasteiger partial charge in [-0.3, -0.25) is 9.69 Å². The van der Waals surface area contributed by atoms with E-state index in [0.717, 1.165) is 29.7 Å². The van der Waals surface area contributed by atoms with Crippen LogP contribution in [0.3, 0.4) is 0 Å². The van der Waals surface area contributed by atoms with Gasteiger partial charge in [0.2, 0.25) is 0 Å². The van der Waals surface area contributed by atoms with Crippen LogP contribution in [0.1, 0.15) is 51.5 Å². The van der Waals surface area contributed by atoms with Crippen molar-refractivity contribution in [1.82, 2.24) is 10.3 Å². The van der Waals surface area contributed by atoms with Gasteiger partial charge in [0.25, 0.3) is 5.91 Å². The zero-order valence-electron chi connectivity index (χ0n) is 19.3. The number of rotatable bonds is 12. The second kappa shape index (κ2) is 13.1. The number of anilines is 1. The fourth-order valence-corrected chi connectivity index (χ4v) is 3.16. The Kier molecular flexibility index (Phi) is 10.2. The first-order chi connectivity index (χ1) is 15.5. The molecule has 3 N–H and O–H groups in total. The van der Waals surface area contributed by atoms with Gasteiger partial charge in [0.15, 0.2) is 5.76 Å². The Hall–Kier alpha value is -3.35. The molecule has 0 atom stereocenters. The highest BCUT2D eigenvalue weighted by atomic mass is 16.5. The third-order valence-electron chi connectivity index (χ3n) is 4.99. The van der Waals surface area contributed by atoms with Crippen molar-refractivity contribution in [3.05, 3.63) is 53.8 Å². The quantitative estimate of drug-likeness (QED) is 0.284. The number of unbranched alkanes of at least 4 members (excludes halogenated alkanes) is 4. The van der Waals surface area contributed by atoms with E-state index >= 15 is 0 Å². The maximum absolute atomic E-state index is 12.5. The van der Waals surface area contributed by atoms with Crippen LogP contribution in [0.15, 0.2) is 48.2 Å². The molecule has 2 aromatic rings. The average molecular weight is 439 g/mol. The zero-order chi connectivity index (χ0) is 23.3. The van der Waals surface area contributed by atoms with Crippen molar-refractivity contribution in [2.75, 3.05) is 25.1 Å². The lowest BCUT2D eigenvalue weighted by Gasteiger charge is -2.18. The molecule has 3 amide bonds. The minimum atomic E-state index is -0.604. The number of carbonyl (C=O) groups is 2. The average Bonchev–Trinajstić information content (AvgIpc) is 2.81. The van der Waals surface area contributed by atoms with Gasteiger partial charge < -0.3 is 15.8 Å². The molecule has 0 spiro atoms. The summed E-state index contributed by atoms with van der Waals surface area (Å²) in [6.07, 6.45) is 7.37. The van der Waals surface area contributed by atoms with Gasteiger partial charge in [0, 0.05) is 19.2 Å². The molecule has 0 aliphatic heterocycles. The molecule has 0 saturated heterocycles. The van der Waals surface area contributed by atoms with E-state index in [1.54, 1.807) is 20.0 Å². The number of nitrogens with zero attached hydrogens (tertiary/aromatic N) is 2. The van der Waals surface area contributed by atoms with E-state index in [1.165, 1.54) is 24.2 Å². The molecule has 7 nitrogen and oxygen atoms in total. The minimum absolute atomic E-state index is 0.123. The number of pyridine rings is 1. The maximum atomic E-state index is 12.5. The summed E-state index contributed by atoms with van der Waals surface area (Å²) in [5.41, 5.74) is 7.77. The molecule has 32 heavy (non-hydrogen) atoms. The molecule has 0 saturated carbocycles. The smallest absolute Gasteiger partial charge is 0.322 e. The molecule has 0 radical (unpaired) electrons. The van der Waals surface area contributed by atoms with E-state index < -0.39 is 5.91 Å². The van der Waals surface area contributed by atoms with Crippen molar-refractivity contribution in [3.8, 4) is 11.3 Å². The normalized spacial score (nSPS) is 11.2. The van der Waals surface area contributed by atoms with E-state index in [1.807, 2.05) is 42.5 Å². The molecule has 1 aromatic heterocycles. The summed E-state index contributed by atoms with van der Waals surface area (Å²) in [5, 5.41) is 2.95. The molecular formula is C25H34N4O3. The Bertz CT molecular complexity index is 910. The summed E-state index contributed by atoms with van der Waals surface area (Å²) in [4.78, 5) is 30.1. The number of urea groups is 1. The standard InChI is InChI=1S/C25H34N4O3/c1-4-6-7-8-9-17-27-25(31)29(3)23-12-10-11-21(28-23)20-15-13-19(14-16-20)18-22(24(26)30)32-5-2/h10-16,18H,4-9,17H2,1-3H3,(H2,26,30)(H,27,31)/b22-18-. The maximum Gasteiger partial charge on any atom is 0.322 e. The number of carbonyl (C=O) groups excluding carboxylic acids is 2. The predicted octanol–water partition coefficient (Wildman–Crippen LogP) is 4.73. The number of hydrogen-bond donors (Lipinski definition) is 2. The lowest BCUT2D eigenvalue weighted by molar-refractivity contribution is -0.117. The summed E-state index contributed by atoms with van der Waals surface area (Å²) >= 11 is 0. The molecule has 0 aliphatic rings. The van der Waals surface area contributed by atoms with Crippen LogP contribution < -0.4 is 16.0 Å². The Morgan fingerprint density at radius 2 is 1.78 bits per heavy atom. The molecule has 0 fully saturated rings. The predicted molar refractivity (Wildman–Crippen MR) is 129 cm³/mol. The van der Waals surface area contributed by atoms with Gasteiger partial charge in [-0.2, -0.15) is 0 Å². The van der Waals surface area contributed by atoms with Crippen LogP contribution in [0.5, 0.6) is 0 Å². The lowest BCUT2D eigenvalue weighted by atomic mass is 10.1. The third-order valence-corrected chi connectivity index (χ3v) is 4.99. The van der Waals surface area contributed by atoms with Crippen molar-refractivity contribution < 1.29 is 14.3 Å². The molecule has 0 bridgehead atoms. The molecular weight excluding hydrogens is 404 g/mol. The third kappa shape index (κ3) is 7.72. The van der Waals surface area contributed by atoms with E-state index in [-0.39, 0.29) is 11.8 Å². The van der Waals surface area contributed by atoms with Gasteiger partial charge in [-0.05, 0) is 37.1 Å². The Balaban J connectivity index is 2.03. The van der Waals surface area contributed by atoms with Crippen LogP contribution in [-0.2, 0) is 9.53 Å². The number of benzene rings is 1. The summed E-state index contributed by atoms with van der Waals surface area (Å²) in [6, 6.07) is 12.9. The van der Waals surface area contributed by atoms with Crippen LogP contribution >= 0.6 is 0 Å². The molecule has 2 rings (SSSR count). The molecule has 172 valence electrons. The van der Waals surface area contributed by atoms with Gasteiger partial charge >= 0.3 is 6.03 Å². The van der Waals surface area contributed by atoms with Crippen molar-refractivity contribution in [2.24, 2.45) is 5.73 Å². The number of hydrogen-bond acceptors (Lipinski definition) is 4. The highest BCUT2D eigenvalue weighted by Gasteiger charge is 2.12. The second-order valence-electron chi connectivity index (χ2n) is 7.51. The number of nitrogens with one attached hydrogen (secondary N) is 1. The van der Waals surface area contributed by atoms with Gasteiger partial charge in [0.05, 0.1) is 12.3 Å². The first kappa shape index (κ1) is 24.9. The van der Waals surface area contributed by atoms with Crippen molar-refractivity contribution in [3.63, 3.8) is 0 Å². The topological polar surface area (TPSA) is 97.5 Å². The monoisotopic (exact) mass is 438 g/mol. The zero-order valence-corrected chi connectivity index (χ0v) is 19.3. The van der Waals surface area contributed by atoms with Crippen LogP contribution in [0.2, 0.25) is 0 Å². The number of amides is 3. The first-order valence-electron chi connectivity index (χ1n) is 11.2. The molecule has 0 unspecified atom stereocenters. The summed E-state index contributed by atoms with van der Waals surface area (Å²) < 4.78 is 5.27. The lowest BCUT2D eigenvalue weighted by Crippen LogP contribution is -2.38. The number of ether oxygens (including phenoxy) is 1. The Morgan fingerprint density at radius 1 is 1.06 bits per heavy atom. The van der Waals surface area contributed by atoms with E-state index in [4.69, 9.17) is 10.5 Å². The highest BCUT2D eigenvalue weighted by molar-refractivity contribution is 5.94. The summed E-state index contributed by atoms with van der Waals surface area (Å²) in [5.74, 6) is 0.0910. The minimum Gasteiger partial charge on any atom is -0.488 e. The van der Waals surface area contributed by atoms with Gasteiger partial charge in [-0.1, -0.05) is 62.9 Å².